The minimum absolute atomic E-state index is 0.150. The van der Waals surface area contributed by atoms with E-state index in [-0.39, 0.29) is 5.91 Å². The zero-order chi connectivity index (χ0) is 15.1. The molecule has 1 N–H and O–H groups in total. The van der Waals surface area contributed by atoms with Crippen LogP contribution in [0.15, 0.2) is 18.3 Å². The summed E-state index contributed by atoms with van der Waals surface area (Å²) in [6.45, 7) is 0.388. The summed E-state index contributed by atoms with van der Waals surface area (Å²) in [4.78, 5) is 16.5. The molecular weight excluding hydrogens is 266 g/mol. The van der Waals surface area contributed by atoms with Gasteiger partial charge in [0.15, 0.2) is 0 Å². The summed E-state index contributed by atoms with van der Waals surface area (Å²) < 4.78 is 5.00. The molecule has 0 saturated heterocycles. The zero-order valence-electron chi connectivity index (χ0n) is 12.4. The fourth-order valence-corrected chi connectivity index (χ4v) is 2.71. The van der Waals surface area contributed by atoms with Crippen molar-refractivity contribution in [2.24, 2.45) is 5.41 Å². The number of nitrogens with one attached hydrogen (secondary N) is 1. The van der Waals surface area contributed by atoms with Gasteiger partial charge in [-0.15, -0.1) is 0 Å². The first-order valence-corrected chi connectivity index (χ1v) is 7.39. The molecule has 0 aromatic carbocycles. The summed E-state index contributed by atoms with van der Waals surface area (Å²) in [5, 5.41) is 12.3. The Hall–Kier alpha value is -2.09. The molecule has 1 fully saturated rings. The number of hydrogen-bond acceptors (Lipinski definition) is 4. The van der Waals surface area contributed by atoms with E-state index in [1.807, 2.05) is 6.07 Å². The number of hydrogen-bond donors (Lipinski definition) is 1. The van der Waals surface area contributed by atoms with Crippen molar-refractivity contribution in [1.82, 2.24) is 10.3 Å². The second-order valence-electron chi connectivity index (χ2n) is 5.50. The second-order valence-corrected chi connectivity index (χ2v) is 5.50. The zero-order valence-corrected chi connectivity index (χ0v) is 12.4. The van der Waals surface area contributed by atoms with Crippen LogP contribution in [0.3, 0.4) is 0 Å². The number of carbonyl (C=O) groups is 1. The average molecular weight is 287 g/mol. The predicted octanol–water partition coefficient (Wildman–Crippen LogP) is 2.57. The van der Waals surface area contributed by atoms with Crippen LogP contribution in [0, 0.1) is 16.7 Å². The number of nitrogens with zero attached hydrogens (tertiary/aromatic N) is 2. The Morgan fingerprint density at radius 1 is 1.38 bits per heavy atom. The number of amides is 1. The van der Waals surface area contributed by atoms with Crippen LogP contribution >= 0.6 is 0 Å². The third-order valence-electron chi connectivity index (χ3n) is 4.07. The predicted molar refractivity (Wildman–Crippen MR) is 78.4 cm³/mol. The highest BCUT2D eigenvalue weighted by Crippen LogP contribution is 2.34. The van der Waals surface area contributed by atoms with Crippen molar-refractivity contribution in [3.05, 3.63) is 23.9 Å². The molecule has 5 heteroatoms. The minimum atomic E-state index is -0.851. The molecule has 0 unspecified atom stereocenters. The third-order valence-corrected chi connectivity index (χ3v) is 4.07. The van der Waals surface area contributed by atoms with E-state index in [0.29, 0.717) is 25.3 Å². The van der Waals surface area contributed by atoms with E-state index in [9.17, 15) is 10.1 Å². The standard InChI is InChI=1S/C16H21N3O2/c1-21-14-7-6-13(10-18-14)11-19-15(20)16(12-17)8-4-2-3-5-9-16/h6-7,10H,2-5,8-9,11H2,1H3,(H,19,20). The maximum Gasteiger partial charge on any atom is 0.240 e. The van der Waals surface area contributed by atoms with Crippen LogP contribution in [-0.4, -0.2) is 18.0 Å². The Morgan fingerprint density at radius 3 is 2.62 bits per heavy atom. The first-order chi connectivity index (χ1) is 10.2. The van der Waals surface area contributed by atoms with E-state index >= 15 is 0 Å². The maximum absolute atomic E-state index is 12.4. The molecular formula is C16H21N3O2. The molecule has 0 atom stereocenters. The molecule has 0 bridgehead atoms. The fourth-order valence-electron chi connectivity index (χ4n) is 2.71. The third kappa shape index (κ3) is 3.72. The van der Waals surface area contributed by atoms with E-state index in [1.165, 1.54) is 0 Å². The van der Waals surface area contributed by atoms with Crippen molar-refractivity contribution in [3.8, 4) is 11.9 Å². The van der Waals surface area contributed by atoms with Crippen molar-refractivity contribution in [3.63, 3.8) is 0 Å². The summed E-state index contributed by atoms with van der Waals surface area (Å²) in [5.41, 5.74) is 0.0435. The van der Waals surface area contributed by atoms with Gasteiger partial charge >= 0.3 is 0 Å². The van der Waals surface area contributed by atoms with E-state index in [2.05, 4.69) is 16.4 Å². The quantitative estimate of drug-likeness (QED) is 0.864. The van der Waals surface area contributed by atoms with Gasteiger partial charge in [-0.25, -0.2) is 4.98 Å². The molecule has 1 aliphatic carbocycles. The van der Waals surface area contributed by atoms with Crippen LogP contribution in [0.4, 0.5) is 0 Å². The number of nitriles is 1. The Kier molecular flexibility index (Phi) is 5.15. The SMILES string of the molecule is COc1ccc(CNC(=O)C2(C#N)CCCCCC2)cn1. The molecule has 1 aromatic rings. The van der Waals surface area contributed by atoms with Crippen molar-refractivity contribution in [2.75, 3.05) is 7.11 Å². The fraction of sp³-hybridized carbons (Fsp3) is 0.562. The molecule has 1 saturated carbocycles. The van der Waals surface area contributed by atoms with Crippen LogP contribution in [0.25, 0.3) is 0 Å². The monoisotopic (exact) mass is 287 g/mol. The van der Waals surface area contributed by atoms with Gasteiger partial charge in [-0.05, 0) is 18.4 Å². The van der Waals surface area contributed by atoms with Gasteiger partial charge in [0, 0.05) is 18.8 Å². The number of methoxy groups -OCH3 is 1. The van der Waals surface area contributed by atoms with Gasteiger partial charge in [0.05, 0.1) is 13.2 Å². The van der Waals surface area contributed by atoms with Crippen LogP contribution < -0.4 is 10.1 Å². The molecule has 0 aliphatic heterocycles. The molecule has 1 amide bonds. The van der Waals surface area contributed by atoms with Gasteiger partial charge in [-0.1, -0.05) is 31.7 Å². The van der Waals surface area contributed by atoms with Gasteiger partial charge < -0.3 is 10.1 Å². The highest BCUT2D eigenvalue weighted by molar-refractivity contribution is 5.85. The minimum Gasteiger partial charge on any atom is -0.481 e. The molecule has 112 valence electrons. The van der Waals surface area contributed by atoms with Crippen molar-refractivity contribution >= 4 is 5.91 Å². The number of aromatic nitrogens is 1. The summed E-state index contributed by atoms with van der Waals surface area (Å²) >= 11 is 0. The highest BCUT2D eigenvalue weighted by atomic mass is 16.5. The maximum atomic E-state index is 12.4. The molecule has 1 aromatic heterocycles. The number of ether oxygens (including phenoxy) is 1. The molecule has 2 rings (SSSR count). The normalized spacial score (nSPS) is 17.3. The van der Waals surface area contributed by atoms with Crippen LogP contribution in [0.5, 0.6) is 5.88 Å². The Labute approximate surface area is 125 Å². The second kappa shape index (κ2) is 7.07. The molecule has 5 nitrogen and oxygen atoms in total. The van der Waals surface area contributed by atoms with E-state index in [4.69, 9.17) is 4.74 Å². The molecule has 0 radical (unpaired) electrons. The Balaban J connectivity index is 1.97. The smallest absolute Gasteiger partial charge is 0.240 e. The largest absolute Gasteiger partial charge is 0.481 e. The first kappa shape index (κ1) is 15.3. The Bertz CT molecular complexity index is 511. The van der Waals surface area contributed by atoms with Crippen molar-refractivity contribution in [1.29, 1.82) is 5.26 Å². The molecule has 0 spiro atoms. The summed E-state index contributed by atoms with van der Waals surface area (Å²) in [6.07, 6.45) is 7.12. The number of pyridine rings is 1. The lowest BCUT2D eigenvalue weighted by Crippen LogP contribution is -2.39. The number of carbonyl (C=O) groups excluding carboxylic acids is 1. The van der Waals surface area contributed by atoms with Gasteiger partial charge in [0.2, 0.25) is 11.8 Å². The summed E-state index contributed by atoms with van der Waals surface area (Å²) in [7, 11) is 1.56. The van der Waals surface area contributed by atoms with E-state index in [1.54, 1.807) is 19.4 Å². The van der Waals surface area contributed by atoms with Crippen molar-refractivity contribution < 1.29 is 9.53 Å². The van der Waals surface area contributed by atoms with E-state index in [0.717, 1.165) is 31.2 Å². The van der Waals surface area contributed by atoms with Gasteiger partial charge in [-0.2, -0.15) is 5.26 Å². The van der Waals surface area contributed by atoms with Gasteiger partial charge in [0.1, 0.15) is 5.41 Å². The topological polar surface area (TPSA) is 75.0 Å². The average Bonchev–Trinajstić information content (AvgIpc) is 2.79. The van der Waals surface area contributed by atoms with Gasteiger partial charge in [-0.3, -0.25) is 4.79 Å². The lowest BCUT2D eigenvalue weighted by molar-refractivity contribution is -0.129. The lowest BCUT2D eigenvalue weighted by atomic mass is 9.81. The van der Waals surface area contributed by atoms with Gasteiger partial charge in [0.25, 0.3) is 0 Å². The highest BCUT2D eigenvalue weighted by Gasteiger charge is 2.38. The first-order valence-electron chi connectivity index (χ1n) is 7.39. The molecule has 1 heterocycles. The van der Waals surface area contributed by atoms with Crippen molar-refractivity contribution in [2.45, 2.75) is 45.1 Å². The Morgan fingerprint density at radius 2 is 2.10 bits per heavy atom. The summed E-state index contributed by atoms with van der Waals surface area (Å²) in [5.74, 6) is 0.394. The molecule has 1 aliphatic rings. The van der Waals surface area contributed by atoms with E-state index < -0.39 is 5.41 Å². The van der Waals surface area contributed by atoms with Crippen LogP contribution in [0.1, 0.15) is 44.1 Å². The lowest BCUT2D eigenvalue weighted by Gasteiger charge is -2.23. The molecule has 21 heavy (non-hydrogen) atoms. The van der Waals surface area contributed by atoms with Crippen LogP contribution in [0.2, 0.25) is 0 Å². The summed E-state index contributed by atoms with van der Waals surface area (Å²) in [6, 6.07) is 5.88. The van der Waals surface area contributed by atoms with Crippen LogP contribution in [-0.2, 0) is 11.3 Å². The number of rotatable bonds is 4.